The number of hydrogen-bond donors (Lipinski definition) is 2. The van der Waals surface area contributed by atoms with E-state index in [1.165, 1.54) is 12.1 Å². The fraction of sp³-hybridized carbons (Fsp3) is 0.240. The molecule has 178 valence electrons. The maximum Gasteiger partial charge on any atom is 0.416 e. The summed E-state index contributed by atoms with van der Waals surface area (Å²) in [4.78, 5) is 26.8. The van der Waals surface area contributed by atoms with E-state index in [0.29, 0.717) is 35.6 Å². The van der Waals surface area contributed by atoms with Gasteiger partial charge in [0.1, 0.15) is 5.75 Å². The van der Waals surface area contributed by atoms with Crippen molar-refractivity contribution in [1.82, 2.24) is 10.3 Å². The number of rotatable bonds is 10. The molecule has 3 rings (SSSR count). The minimum absolute atomic E-state index is 0.0621. The molecule has 0 radical (unpaired) electrons. The third kappa shape index (κ3) is 7.33. The molecular formula is C25H23F3N2O4. The van der Waals surface area contributed by atoms with E-state index >= 15 is 0 Å². The molecule has 9 heteroatoms. The molecule has 0 bridgehead atoms. The number of carboxylic acids is 1. The predicted molar refractivity (Wildman–Crippen MR) is 120 cm³/mol. The van der Waals surface area contributed by atoms with Gasteiger partial charge in [-0.1, -0.05) is 18.2 Å². The van der Waals surface area contributed by atoms with E-state index in [4.69, 9.17) is 9.84 Å². The Balaban J connectivity index is 1.42. The molecule has 3 aromatic rings. The smallest absolute Gasteiger partial charge is 0.416 e. The van der Waals surface area contributed by atoms with Gasteiger partial charge in [-0.15, -0.1) is 0 Å². The molecule has 6 nitrogen and oxygen atoms in total. The van der Waals surface area contributed by atoms with E-state index in [1.807, 2.05) is 6.07 Å². The van der Waals surface area contributed by atoms with Crippen LogP contribution in [0.4, 0.5) is 13.2 Å². The molecule has 0 aliphatic carbocycles. The Morgan fingerprint density at radius 3 is 2.26 bits per heavy atom. The van der Waals surface area contributed by atoms with Crippen LogP contribution in [-0.4, -0.2) is 35.1 Å². The molecule has 0 saturated carbocycles. The van der Waals surface area contributed by atoms with E-state index in [9.17, 15) is 22.8 Å². The summed E-state index contributed by atoms with van der Waals surface area (Å²) in [6.07, 6.45) is -1.37. The lowest BCUT2D eigenvalue weighted by atomic mass is 10.1. The van der Waals surface area contributed by atoms with Gasteiger partial charge in [0, 0.05) is 23.9 Å². The number of amides is 1. The van der Waals surface area contributed by atoms with Crippen molar-refractivity contribution < 1.29 is 32.6 Å². The molecule has 2 N–H and O–H groups in total. The average Bonchev–Trinajstić information content (AvgIpc) is 2.82. The monoisotopic (exact) mass is 472 g/mol. The van der Waals surface area contributed by atoms with Gasteiger partial charge in [-0.05, 0) is 60.9 Å². The summed E-state index contributed by atoms with van der Waals surface area (Å²) < 4.78 is 43.7. The van der Waals surface area contributed by atoms with Crippen LogP contribution in [0.1, 0.15) is 34.3 Å². The summed E-state index contributed by atoms with van der Waals surface area (Å²) in [5.74, 6) is -0.715. The standard InChI is InChI=1S/C25H23F3N2O4/c26-25(27,28)20-8-4-18(5-9-20)22-12-3-17(16-30-22)2-1-15-34-21-10-6-19(7-11-21)24(33)29-14-13-23(31)32/h3-12,16H,1-2,13-15H2,(H,29,33)(H,31,32). The number of ether oxygens (including phenoxy) is 1. The van der Waals surface area contributed by atoms with Crippen molar-refractivity contribution >= 4 is 11.9 Å². The summed E-state index contributed by atoms with van der Waals surface area (Å²) in [5.41, 5.74) is 1.91. The normalized spacial score (nSPS) is 11.1. The Morgan fingerprint density at radius 1 is 0.971 bits per heavy atom. The Bertz CT molecular complexity index is 1100. The molecule has 1 aromatic heterocycles. The number of carboxylic acid groups (broad SMARTS) is 1. The van der Waals surface area contributed by atoms with Crippen molar-refractivity contribution in [1.29, 1.82) is 0 Å². The number of carbonyl (C=O) groups is 2. The van der Waals surface area contributed by atoms with Crippen LogP contribution in [0.5, 0.6) is 5.75 Å². The van der Waals surface area contributed by atoms with Crippen LogP contribution in [0, 0.1) is 0 Å². The first kappa shape index (κ1) is 24.8. The Labute approximate surface area is 194 Å². The zero-order valence-electron chi connectivity index (χ0n) is 18.1. The van der Waals surface area contributed by atoms with E-state index in [2.05, 4.69) is 10.3 Å². The highest BCUT2D eigenvalue weighted by molar-refractivity contribution is 5.94. The second kappa shape index (κ2) is 11.3. The number of nitrogens with one attached hydrogen (secondary N) is 1. The number of hydrogen-bond acceptors (Lipinski definition) is 4. The quantitative estimate of drug-likeness (QED) is 0.406. The Hall–Kier alpha value is -3.88. The lowest BCUT2D eigenvalue weighted by Gasteiger charge is -2.09. The van der Waals surface area contributed by atoms with Crippen molar-refractivity contribution in [2.45, 2.75) is 25.4 Å². The molecule has 0 spiro atoms. The fourth-order valence-electron chi connectivity index (χ4n) is 3.13. The number of halogens is 3. The highest BCUT2D eigenvalue weighted by Gasteiger charge is 2.30. The SMILES string of the molecule is O=C(O)CCNC(=O)c1ccc(OCCCc2ccc(-c3ccc(C(F)(F)F)cc3)nc2)cc1. The summed E-state index contributed by atoms with van der Waals surface area (Å²) in [6, 6.07) is 15.1. The van der Waals surface area contributed by atoms with E-state index in [-0.39, 0.29) is 18.9 Å². The first-order chi connectivity index (χ1) is 16.2. The topological polar surface area (TPSA) is 88.5 Å². The van der Waals surface area contributed by atoms with Gasteiger partial charge >= 0.3 is 12.1 Å². The van der Waals surface area contributed by atoms with Crippen LogP contribution in [-0.2, 0) is 17.4 Å². The molecule has 0 aliphatic heterocycles. The first-order valence-electron chi connectivity index (χ1n) is 10.6. The van der Waals surface area contributed by atoms with Crippen LogP contribution in [0.3, 0.4) is 0 Å². The first-order valence-corrected chi connectivity index (χ1v) is 10.6. The maximum absolute atomic E-state index is 12.7. The zero-order valence-corrected chi connectivity index (χ0v) is 18.1. The zero-order chi connectivity index (χ0) is 24.6. The van der Waals surface area contributed by atoms with E-state index < -0.39 is 17.7 Å². The molecule has 1 heterocycles. The van der Waals surface area contributed by atoms with Crippen LogP contribution in [0.25, 0.3) is 11.3 Å². The lowest BCUT2D eigenvalue weighted by Crippen LogP contribution is -2.25. The van der Waals surface area contributed by atoms with Gasteiger partial charge < -0.3 is 15.2 Å². The van der Waals surface area contributed by atoms with Crippen molar-refractivity contribution in [3.8, 4) is 17.0 Å². The Morgan fingerprint density at radius 2 is 1.68 bits per heavy atom. The number of aromatic nitrogens is 1. The van der Waals surface area contributed by atoms with Gasteiger partial charge in [0.15, 0.2) is 0 Å². The van der Waals surface area contributed by atoms with Gasteiger partial charge in [0.05, 0.1) is 24.3 Å². The highest BCUT2D eigenvalue weighted by Crippen LogP contribution is 2.30. The Kier molecular flexibility index (Phi) is 8.24. The average molecular weight is 472 g/mol. The highest BCUT2D eigenvalue weighted by atomic mass is 19.4. The van der Waals surface area contributed by atoms with Crippen LogP contribution in [0.2, 0.25) is 0 Å². The van der Waals surface area contributed by atoms with E-state index in [0.717, 1.165) is 24.1 Å². The second-order valence-electron chi connectivity index (χ2n) is 7.50. The fourth-order valence-corrected chi connectivity index (χ4v) is 3.13. The molecule has 34 heavy (non-hydrogen) atoms. The number of aryl methyl sites for hydroxylation is 1. The largest absolute Gasteiger partial charge is 0.494 e. The number of pyridine rings is 1. The van der Waals surface area contributed by atoms with Gasteiger partial charge in [0.2, 0.25) is 0 Å². The summed E-state index contributed by atoms with van der Waals surface area (Å²) in [7, 11) is 0. The molecule has 0 fully saturated rings. The summed E-state index contributed by atoms with van der Waals surface area (Å²) in [6.45, 7) is 0.511. The third-order valence-corrected chi connectivity index (χ3v) is 4.95. The number of alkyl halides is 3. The summed E-state index contributed by atoms with van der Waals surface area (Å²) in [5, 5.41) is 11.1. The van der Waals surface area contributed by atoms with Crippen LogP contribution >= 0.6 is 0 Å². The summed E-state index contributed by atoms with van der Waals surface area (Å²) >= 11 is 0. The molecule has 2 aromatic carbocycles. The van der Waals surface area contributed by atoms with Gasteiger partial charge in [-0.2, -0.15) is 13.2 Å². The van der Waals surface area contributed by atoms with E-state index in [1.54, 1.807) is 36.5 Å². The number of carbonyl (C=O) groups excluding carboxylic acids is 1. The molecule has 0 aliphatic rings. The lowest BCUT2D eigenvalue weighted by molar-refractivity contribution is -0.138. The third-order valence-electron chi connectivity index (χ3n) is 4.95. The van der Waals surface area contributed by atoms with Crippen molar-refractivity contribution in [2.75, 3.05) is 13.2 Å². The number of nitrogens with zero attached hydrogens (tertiary/aromatic N) is 1. The van der Waals surface area contributed by atoms with Crippen molar-refractivity contribution in [3.05, 3.63) is 83.6 Å². The minimum atomic E-state index is -4.36. The molecule has 1 amide bonds. The molecule has 0 saturated heterocycles. The maximum atomic E-state index is 12.7. The molecule has 0 atom stereocenters. The van der Waals surface area contributed by atoms with Gasteiger partial charge in [-0.25, -0.2) is 0 Å². The number of benzene rings is 2. The predicted octanol–water partition coefficient (Wildman–Crippen LogP) is 4.98. The van der Waals surface area contributed by atoms with Crippen molar-refractivity contribution in [2.24, 2.45) is 0 Å². The number of aliphatic carboxylic acids is 1. The van der Waals surface area contributed by atoms with Crippen LogP contribution in [0.15, 0.2) is 66.9 Å². The van der Waals surface area contributed by atoms with Gasteiger partial charge in [-0.3, -0.25) is 14.6 Å². The van der Waals surface area contributed by atoms with Gasteiger partial charge in [0.25, 0.3) is 5.91 Å². The molecular weight excluding hydrogens is 449 g/mol. The van der Waals surface area contributed by atoms with Crippen LogP contribution < -0.4 is 10.1 Å². The molecule has 0 unspecified atom stereocenters. The minimum Gasteiger partial charge on any atom is -0.494 e. The second-order valence-corrected chi connectivity index (χ2v) is 7.50. The van der Waals surface area contributed by atoms with Crippen molar-refractivity contribution in [3.63, 3.8) is 0 Å².